The molecule has 1 aromatic heterocycles. The number of H-pyrrole nitrogens is 1. The van der Waals surface area contributed by atoms with E-state index in [1.165, 1.54) is 16.9 Å². The fourth-order valence-electron chi connectivity index (χ4n) is 6.12. The number of aliphatic hydroxyl groups is 1. The summed E-state index contributed by atoms with van der Waals surface area (Å²) in [5, 5.41) is 11.7. The van der Waals surface area contributed by atoms with E-state index in [1.807, 2.05) is 38.1 Å². The van der Waals surface area contributed by atoms with Crippen LogP contribution in [0.2, 0.25) is 0 Å². The zero-order chi connectivity index (χ0) is 24.9. The monoisotopic (exact) mass is 477 g/mol. The molecule has 5 heterocycles. The maximum Gasteiger partial charge on any atom is 0.283 e. The van der Waals surface area contributed by atoms with Crippen molar-refractivity contribution in [2.75, 3.05) is 13.7 Å². The Labute approximate surface area is 204 Å². The molecule has 2 fully saturated rings. The van der Waals surface area contributed by atoms with E-state index >= 15 is 0 Å². The number of nitrogens with one attached hydrogen (secondary N) is 1. The van der Waals surface area contributed by atoms with Crippen LogP contribution in [0.25, 0.3) is 17.0 Å². The number of allylic oxidation sites excluding steroid dienone is 1. The molecule has 3 atom stereocenters. The second kappa shape index (κ2) is 6.98. The number of aromatic nitrogens is 1. The summed E-state index contributed by atoms with van der Waals surface area (Å²) < 4.78 is 11.8. The van der Waals surface area contributed by atoms with Crippen molar-refractivity contribution >= 4 is 28.8 Å². The minimum Gasteiger partial charge on any atom is -0.483 e. The van der Waals surface area contributed by atoms with Crippen LogP contribution in [-0.2, 0) is 26.2 Å². The molecule has 2 saturated heterocycles. The Morgan fingerprint density at radius 3 is 2.69 bits per heavy atom. The number of aliphatic hydroxyl groups excluding tert-OH is 1. The van der Waals surface area contributed by atoms with Crippen molar-refractivity contribution < 1.29 is 24.2 Å². The van der Waals surface area contributed by atoms with Gasteiger partial charge in [-0.2, -0.15) is 0 Å². The first-order valence-electron chi connectivity index (χ1n) is 12.1. The standard InChI is InChI=1S/C27H31N3O5/c1-25(2)11-13-29-18(23(32)30-12-9-20(31)27(30,34-5)24(29)33)14-17-15-6-7-19-16(21(15)28-22(17)25)8-10-26(3,4)35-19/h6-8,10-11,13,18,20,28,31H,9,12,14H2,1-5H3/t18-,20-,27+/m0/s1. The number of amides is 2. The molecule has 0 saturated carbocycles. The van der Waals surface area contributed by atoms with Gasteiger partial charge in [0.05, 0.1) is 5.52 Å². The number of carbonyl (C=O) groups excluding carboxylic acids is 2. The normalized spacial score (nSPS) is 30.3. The van der Waals surface area contributed by atoms with E-state index in [-0.39, 0.29) is 18.1 Å². The fraction of sp³-hybridized carbons (Fsp3) is 0.481. The summed E-state index contributed by atoms with van der Waals surface area (Å²) in [6.45, 7) is 8.49. The number of aromatic amines is 1. The van der Waals surface area contributed by atoms with E-state index < -0.39 is 29.2 Å². The quantitative estimate of drug-likeness (QED) is 0.659. The molecule has 35 heavy (non-hydrogen) atoms. The summed E-state index contributed by atoms with van der Waals surface area (Å²) in [6.07, 6.45) is 7.37. The smallest absolute Gasteiger partial charge is 0.283 e. The second-order valence-corrected chi connectivity index (χ2v) is 11.1. The SMILES string of the molecule is CO[C@]12C(=O)N3C=CC(C)(C)c4[nH]c5c6c(ccc5c4C[C@H]3C(=O)N1CC[C@@H]2O)OC(C)(C)C=C6. The summed E-state index contributed by atoms with van der Waals surface area (Å²) in [5.41, 5.74) is 1.48. The van der Waals surface area contributed by atoms with Gasteiger partial charge in [0.1, 0.15) is 23.5 Å². The number of fused-ring (bicyclic) bond motifs is 7. The molecule has 184 valence electrons. The van der Waals surface area contributed by atoms with E-state index in [0.717, 1.165) is 33.5 Å². The molecule has 2 aromatic rings. The van der Waals surface area contributed by atoms with E-state index in [1.54, 1.807) is 6.20 Å². The molecule has 0 spiro atoms. The second-order valence-electron chi connectivity index (χ2n) is 11.1. The molecule has 4 aliphatic rings. The maximum atomic E-state index is 13.8. The number of hydrogen-bond donors (Lipinski definition) is 2. The summed E-state index contributed by atoms with van der Waals surface area (Å²) in [7, 11) is 1.38. The van der Waals surface area contributed by atoms with Gasteiger partial charge in [-0.05, 0) is 50.1 Å². The Bertz CT molecular complexity index is 1340. The minimum atomic E-state index is -1.67. The first-order valence-corrected chi connectivity index (χ1v) is 12.1. The molecular weight excluding hydrogens is 446 g/mol. The third-order valence-corrected chi connectivity index (χ3v) is 8.02. The lowest BCUT2D eigenvalue weighted by Crippen LogP contribution is -2.72. The van der Waals surface area contributed by atoms with E-state index in [2.05, 4.69) is 24.9 Å². The van der Waals surface area contributed by atoms with Gasteiger partial charge < -0.3 is 29.4 Å². The molecular formula is C27H31N3O5. The van der Waals surface area contributed by atoms with Gasteiger partial charge in [0, 0.05) is 48.3 Å². The van der Waals surface area contributed by atoms with Crippen molar-refractivity contribution in [3.63, 3.8) is 0 Å². The van der Waals surface area contributed by atoms with Gasteiger partial charge in [-0.1, -0.05) is 19.9 Å². The highest BCUT2D eigenvalue weighted by molar-refractivity contribution is 6.02. The third-order valence-electron chi connectivity index (χ3n) is 8.02. The number of ether oxygens (including phenoxy) is 2. The van der Waals surface area contributed by atoms with Gasteiger partial charge in [0.2, 0.25) is 5.91 Å². The number of hydrogen-bond acceptors (Lipinski definition) is 5. The van der Waals surface area contributed by atoms with Crippen molar-refractivity contribution in [2.45, 2.75) is 69.4 Å². The minimum absolute atomic E-state index is 0.212. The van der Waals surface area contributed by atoms with E-state index in [9.17, 15) is 14.7 Å². The Morgan fingerprint density at radius 1 is 1.17 bits per heavy atom. The van der Waals surface area contributed by atoms with Gasteiger partial charge >= 0.3 is 0 Å². The average molecular weight is 478 g/mol. The van der Waals surface area contributed by atoms with Crippen LogP contribution >= 0.6 is 0 Å². The fourth-order valence-corrected chi connectivity index (χ4v) is 6.12. The molecule has 8 heteroatoms. The number of benzene rings is 1. The molecule has 0 unspecified atom stereocenters. The topological polar surface area (TPSA) is 95.1 Å². The zero-order valence-corrected chi connectivity index (χ0v) is 20.7. The molecule has 0 aliphatic carbocycles. The Hall–Kier alpha value is -3.10. The first-order chi connectivity index (χ1) is 16.5. The average Bonchev–Trinajstić information content (AvgIpc) is 3.34. The summed E-state index contributed by atoms with van der Waals surface area (Å²) in [6, 6.07) is 3.30. The Morgan fingerprint density at radius 2 is 1.94 bits per heavy atom. The summed E-state index contributed by atoms with van der Waals surface area (Å²) in [5.74, 6) is 0.200. The van der Waals surface area contributed by atoms with Crippen LogP contribution in [0.5, 0.6) is 5.75 Å². The number of nitrogens with zero attached hydrogens (tertiary/aromatic N) is 2. The molecule has 0 bridgehead atoms. The van der Waals surface area contributed by atoms with Gasteiger partial charge in [0.15, 0.2) is 0 Å². The van der Waals surface area contributed by atoms with Gasteiger partial charge in [-0.25, -0.2) is 0 Å². The highest BCUT2D eigenvalue weighted by Crippen LogP contribution is 2.44. The largest absolute Gasteiger partial charge is 0.483 e. The Kier molecular flexibility index (Phi) is 4.46. The van der Waals surface area contributed by atoms with E-state index in [4.69, 9.17) is 9.47 Å². The molecule has 8 nitrogen and oxygen atoms in total. The van der Waals surface area contributed by atoms with Crippen LogP contribution in [0.15, 0.2) is 30.5 Å². The number of piperazine rings is 1. The van der Waals surface area contributed by atoms with Gasteiger partial charge in [0.25, 0.3) is 11.6 Å². The Balaban J connectivity index is 1.52. The number of rotatable bonds is 1. The molecule has 0 radical (unpaired) electrons. The van der Waals surface area contributed by atoms with Crippen LogP contribution in [0.4, 0.5) is 0 Å². The van der Waals surface area contributed by atoms with Crippen LogP contribution in [-0.4, -0.2) is 68.8 Å². The van der Waals surface area contributed by atoms with Gasteiger partial charge in [-0.15, -0.1) is 0 Å². The lowest BCUT2D eigenvalue weighted by atomic mass is 9.82. The number of methoxy groups -OCH3 is 1. The predicted octanol–water partition coefficient (Wildman–Crippen LogP) is 2.85. The third kappa shape index (κ3) is 2.87. The van der Waals surface area contributed by atoms with Crippen molar-refractivity contribution in [3.8, 4) is 5.75 Å². The number of carbonyl (C=O) groups is 2. The van der Waals surface area contributed by atoms with Crippen molar-refractivity contribution in [1.29, 1.82) is 0 Å². The van der Waals surface area contributed by atoms with Crippen molar-refractivity contribution in [3.05, 3.63) is 47.3 Å². The van der Waals surface area contributed by atoms with Crippen LogP contribution in [0, 0.1) is 0 Å². The van der Waals surface area contributed by atoms with Crippen molar-refractivity contribution in [2.24, 2.45) is 0 Å². The molecule has 2 N–H and O–H groups in total. The van der Waals surface area contributed by atoms with E-state index in [0.29, 0.717) is 12.8 Å². The molecule has 1 aromatic carbocycles. The highest BCUT2D eigenvalue weighted by Gasteiger charge is 2.63. The first kappa shape index (κ1) is 22.4. The van der Waals surface area contributed by atoms with Crippen LogP contribution in [0.1, 0.15) is 50.9 Å². The molecule has 4 aliphatic heterocycles. The summed E-state index contributed by atoms with van der Waals surface area (Å²) in [4.78, 5) is 34.1. The highest BCUT2D eigenvalue weighted by atomic mass is 16.5. The molecule has 2 amide bonds. The lowest BCUT2D eigenvalue weighted by molar-refractivity contribution is -0.210. The predicted molar refractivity (Wildman–Crippen MR) is 131 cm³/mol. The zero-order valence-electron chi connectivity index (χ0n) is 20.7. The lowest BCUT2D eigenvalue weighted by Gasteiger charge is -2.48. The summed E-state index contributed by atoms with van der Waals surface area (Å²) >= 11 is 0. The maximum absolute atomic E-state index is 13.8. The van der Waals surface area contributed by atoms with Crippen LogP contribution < -0.4 is 4.74 Å². The molecule has 6 rings (SSSR count). The van der Waals surface area contributed by atoms with Crippen molar-refractivity contribution in [1.82, 2.24) is 14.8 Å². The van der Waals surface area contributed by atoms with Gasteiger partial charge in [-0.3, -0.25) is 9.59 Å². The van der Waals surface area contributed by atoms with Crippen LogP contribution in [0.3, 0.4) is 0 Å².